The Morgan fingerprint density at radius 2 is 1.90 bits per heavy atom. The van der Waals surface area contributed by atoms with Gasteiger partial charge in [0.1, 0.15) is 10.9 Å². The molecule has 11 heteroatoms. The van der Waals surface area contributed by atoms with Crippen molar-refractivity contribution in [3.8, 4) is 17.4 Å². The highest BCUT2D eigenvalue weighted by Crippen LogP contribution is 2.48. The van der Waals surface area contributed by atoms with Crippen LogP contribution in [0.2, 0.25) is 5.15 Å². The second kappa shape index (κ2) is 12.2. The van der Waals surface area contributed by atoms with Gasteiger partial charge in [0.05, 0.1) is 23.7 Å². The average Bonchev–Trinajstić information content (AvgIpc) is 3.31. The Labute approximate surface area is 253 Å². The standard InChI is InChI=1S/C31H39ClN4O5S/c1-30(2)13-11-22(21-30)6-5-18-40-23-7-4-8-24(20-23)42(38,39)35-29(37)25-9-10-26(33-28(25)32)36-17-12-27(34-36)41-19-16-31(3)14-15-31/h4,7-10,12,17,20,22H,5-6,11,13-16,18-19,21H2,1-3H3,(H,35,37). The molecular formula is C31H39ClN4O5S. The van der Waals surface area contributed by atoms with E-state index in [0.717, 1.165) is 25.2 Å². The Bertz CT molecular complexity index is 1530. The number of carbonyl (C=O) groups excluding carboxylic acids is 1. The van der Waals surface area contributed by atoms with Crippen molar-refractivity contribution in [2.75, 3.05) is 13.2 Å². The second-order valence-electron chi connectivity index (χ2n) is 12.7. The summed E-state index contributed by atoms with van der Waals surface area (Å²) in [5.41, 5.74) is 0.741. The van der Waals surface area contributed by atoms with E-state index in [4.69, 9.17) is 21.1 Å². The van der Waals surface area contributed by atoms with Crippen LogP contribution in [0, 0.1) is 16.7 Å². The lowest BCUT2D eigenvalue weighted by molar-refractivity contribution is 0.0981. The van der Waals surface area contributed by atoms with Crippen molar-refractivity contribution in [2.24, 2.45) is 16.7 Å². The lowest BCUT2D eigenvalue weighted by Crippen LogP contribution is -2.31. The molecule has 2 aliphatic rings. The SMILES string of the molecule is CC1(C)CCC(CCCOc2cccc(S(=O)(=O)NC(=O)c3ccc(-n4ccc(OCCC5(C)CC5)n4)nc3Cl)c2)C1. The summed E-state index contributed by atoms with van der Waals surface area (Å²) in [5.74, 6) is 1.10. The third kappa shape index (κ3) is 7.83. The van der Waals surface area contributed by atoms with Crippen molar-refractivity contribution in [1.29, 1.82) is 0 Å². The molecule has 0 aliphatic heterocycles. The van der Waals surface area contributed by atoms with Gasteiger partial charge in [0.25, 0.3) is 15.9 Å². The van der Waals surface area contributed by atoms with Gasteiger partial charge < -0.3 is 9.47 Å². The Morgan fingerprint density at radius 3 is 2.62 bits per heavy atom. The van der Waals surface area contributed by atoms with Crippen LogP contribution in [0.1, 0.15) is 82.5 Å². The first kappa shape index (κ1) is 30.4. The van der Waals surface area contributed by atoms with Crippen LogP contribution in [-0.4, -0.2) is 42.3 Å². The smallest absolute Gasteiger partial charge is 0.268 e. The molecule has 0 radical (unpaired) electrons. The fourth-order valence-electron chi connectivity index (χ4n) is 5.45. The second-order valence-corrected chi connectivity index (χ2v) is 14.7. The van der Waals surface area contributed by atoms with Crippen LogP contribution in [0.5, 0.6) is 11.6 Å². The normalized spacial score (nSPS) is 18.9. The van der Waals surface area contributed by atoms with Crippen molar-refractivity contribution in [3.63, 3.8) is 0 Å². The Kier molecular flexibility index (Phi) is 8.85. The molecular weight excluding hydrogens is 576 g/mol. The molecule has 42 heavy (non-hydrogen) atoms. The van der Waals surface area contributed by atoms with E-state index in [1.165, 1.54) is 61.1 Å². The predicted octanol–water partition coefficient (Wildman–Crippen LogP) is 6.59. The van der Waals surface area contributed by atoms with Gasteiger partial charge in [-0.15, -0.1) is 5.10 Å². The molecule has 2 aliphatic carbocycles. The van der Waals surface area contributed by atoms with Crippen molar-refractivity contribution >= 4 is 27.5 Å². The number of rotatable bonds is 13. The molecule has 2 fully saturated rings. The molecule has 2 aromatic heterocycles. The summed E-state index contributed by atoms with van der Waals surface area (Å²) >= 11 is 6.30. The number of benzene rings is 1. The first-order chi connectivity index (χ1) is 19.9. The van der Waals surface area contributed by atoms with Gasteiger partial charge in [0.15, 0.2) is 5.82 Å². The molecule has 3 aromatic rings. The third-order valence-corrected chi connectivity index (χ3v) is 9.99. The van der Waals surface area contributed by atoms with E-state index in [1.807, 2.05) is 0 Å². The fraction of sp³-hybridized carbons (Fsp3) is 0.516. The van der Waals surface area contributed by atoms with E-state index < -0.39 is 15.9 Å². The van der Waals surface area contributed by atoms with Gasteiger partial charge in [-0.05, 0) is 92.4 Å². The summed E-state index contributed by atoms with van der Waals surface area (Å²) in [5, 5.41) is 4.21. The zero-order valence-corrected chi connectivity index (χ0v) is 26.0. The van der Waals surface area contributed by atoms with Gasteiger partial charge >= 0.3 is 0 Å². The van der Waals surface area contributed by atoms with E-state index >= 15 is 0 Å². The summed E-state index contributed by atoms with van der Waals surface area (Å²) < 4.78 is 41.2. The van der Waals surface area contributed by atoms with Crippen LogP contribution in [-0.2, 0) is 10.0 Å². The number of hydrogen-bond donors (Lipinski definition) is 1. The number of ether oxygens (including phenoxy) is 2. The third-order valence-electron chi connectivity index (χ3n) is 8.38. The largest absolute Gasteiger partial charge is 0.494 e. The number of nitrogens with zero attached hydrogens (tertiary/aromatic N) is 3. The summed E-state index contributed by atoms with van der Waals surface area (Å²) in [7, 11) is -4.18. The lowest BCUT2D eigenvalue weighted by atomic mass is 9.89. The minimum atomic E-state index is -4.18. The minimum Gasteiger partial charge on any atom is -0.494 e. The Hall–Kier alpha value is -3.11. The molecule has 1 atom stereocenters. The van der Waals surface area contributed by atoms with Crippen LogP contribution in [0.3, 0.4) is 0 Å². The van der Waals surface area contributed by atoms with Gasteiger partial charge in [-0.2, -0.15) is 0 Å². The Morgan fingerprint density at radius 1 is 1.10 bits per heavy atom. The zero-order valence-electron chi connectivity index (χ0n) is 24.4. The van der Waals surface area contributed by atoms with Gasteiger partial charge in [-0.1, -0.05) is 38.4 Å². The van der Waals surface area contributed by atoms with Gasteiger partial charge in [-0.3, -0.25) is 4.79 Å². The van der Waals surface area contributed by atoms with Crippen LogP contribution < -0.4 is 14.2 Å². The molecule has 9 nitrogen and oxygen atoms in total. The van der Waals surface area contributed by atoms with E-state index in [-0.39, 0.29) is 15.6 Å². The first-order valence-electron chi connectivity index (χ1n) is 14.6. The van der Waals surface area contributed by atoms with E-state index in [0.29, 0.717) is 41.5 Å². The maximum absolute atomic E-state index is 13.0. The zero-order chi connectivity index (χ0) is 30.0. The molecule has 1 aromatic carbocycles. The molecule has 1 N–H and O–H groups in total. The summed E-state index contributed by atoms with van der Waals surface area (Å²) in [4.78, 5) is 17.0. The first-order valence-corrected chi connectivity index (χ1v) is 16.4. The maximum atomic E-state index is 13.0. The van der Waals surface area contributed by atoms with E-state index in [9.17, 15) is 13.2 Å². The summed E-state index contributed by atoms with van der Waals surface area (Å²) in [6.45, 7) is 7.97. The Balaban J connectivity index is 1.15. The van der Waals surface area contributed by atoms with Crippen LogP contribution in [0.4, 0.5) is 0 Å². The molecule has 0 bridgehead atoms. The van der Waals surface area contributed by atoms with Gasteiger partial charge in [-0.25, -0.2) is 22.8 Å². The highest BCUT2D eigenvalue weighted by atomic mass is 35.5. The number of hydrogen-bond acceptors (Lipinski definition) is 7. The van der Waals surface area contributed by atoms with Crippen LogP contribution in [0.25, 0.3) is 5.82 Å². The molecule has 0 spiro atoms. The number of pyridine rings is 1. The maximum Gasteiger partial charge on any atom is 0.268 e. The quantitative estimate of drug-likeness (QED) is 0.171. The lowest BCUT2D eigenvalue weighted by Gasteiger charge is -2.17. The van der Waals surface area contributed by atoms with Crippen LogP contribution >= 0.6 is 11.6 Å². The highest BCUT2D eigenvalue weighted by Gasteiger charge is 2.36. The average molecular weight is 615 g/mol. The van der Waals surface area contributed by atoms with Crippen molar-refractivity contribution in [1.82, 2.24) is 19.5 Å². The molecule has 226 valence electrons. The predicted molar refractivity (Wildman–Crippen MR) is 161 cm³/mol. The molecule has 5 rings (SSSR count). The van der Waals surface area contributed by atoms with Gasteiger partial charge in [0, 0.05) is 18.3 Å². The highest BCUT2D eigenvalue weighted by molar-refractivity contribution is 7.90. The van der Waals surface area contributed by atoms with Crippen molar-refractivity contribution in [3.05, 3.63) is 59.4 Å². The van der Waals surface area contributed by atoms with Gasteiger partial charge in [0.2, 0.25) is 5.88 Å². The topological polar surface area (TPSA) is 112 Å². The number of carbonyl (C=O) groups is 1. The number of amides is 1. The molecule has 2 saturated carbocycles. The number of sulfonamides is 1. The van der Waals surface area contributed by atoms with E-state index in [1.54, 1.807) is 24.4 Å². The number of aromatic nitrogens is 3. The number of halogens is 1. The molecule has 1 amide bonds. The molecule has 1 unspecified atom stereocenters. The monoisotopic (exact) mass is 614 g/mol. The molecule has 2 heterocycles. The van der Waals surface area contributed by atoms with Crippen LogP contribution in [0.15, 0.2) is 53.6 Å². The number of nitrogens with one attached hydrogen (secondary N) is 1. The summed E-state index contributed by atoms with van der Waals surface area (Å²) in [6, 6.07) is 10.8. The minimum absolute atomic E-state index is 0.0761. The van der Waals surface area contributed by atoms with Crippen molar-refractivity contribution in [2.45, 2.75) is 77.0 Å². The molecule has 0 saturated heterocycles. The van der Waals surface area contributed by atoms with E-state index in [2.05, 4.69) is 35.6 Å². The summed E-state index contributed by atoms with van der Waals surface area (Å²) in [6.07, 6.45) is 10.9. The van der Waals surface area contributed by atoms with Crippen molar-refractivity contribution < 1.29 is 22.7 Å². The fourth-order valence-corrected chi connectivity index (χ4v) is 6.69.